The van der Waals surface area contributed by atoms with Crippen molar-refractivity contribution in [3.63, 3.8) is 0 Å². The first-order valence-corrected chi connectivity index (χ1v) is 7.54. The Morgan fingerprint density at radius 1 is 0.800 bits per heavy atom. The average Bonchev–Trinajstić information content (AvgIpc) is 2.14. The molecule has 2 nitrogen and oxygen atoms in total. The van der Waals surface area contributed by atoms with Crippen molar-refractivity contribution in [2.45, 2.75) is 64.7 Å². The molecule has 15 heavy (non-hydrogen) atoms. The van der Waals surface area contributed by atoms with Crippen LogP contribution in [0, 0.1) is 0 Å². The van der Waals surface area contributed by atoms with Crippen LogP contribution >= 0.6 is 0 Å². The van der Waals surface area contributed by atoms with Crippen LogP contribution in [0.15, 0.2) is 0 Å². The first kappa shape index (κ1) is 14.9. The second kappa shape index (κ2) is 9.13. The van der Waals surface area contributed by atoms with Gasteiger partial charge in [0.1, 0.15) is 0 Å². The summed E-state index contributed by atoms with van der Waals surface area (Å²) in [6.45, 7) is 2.19. The van der Waals surface area contributed by atoms with E-state index in [1.807, 2.05) is 0 Å². The van der Waals surface area contributed by atoms with Gasteiger partial charge in [-0.3, -0.25) is 0 Å². The fourth-order valence-corrected chi connectivity index (χ4v) is 2.13. The topological polar surface area (TPSA) is 34.1 Å². The Labute approximate surface area is 93.5 Å². The largest absolute Gasteiger partial charge is 0.302 e. The second-order valence-electron chi connectivity index (χ2n) is 4.07. The number of unbranched alkanes of at least 4 members (excludes halogenated alkanes) is 8. The quantitative estimate of drug-likeness (QED) is 0.428. The molecule has 0 aromatic rings. The molecule has 0 spiro atoms. The molecule has 0 heterocycles. The summed E-state index contributed by atoms with van der Waals surface area (Å²) >= 11 is 0. The Morgan fingerprint density at radius 2 is 1.20 bits per heavy atom. The highest BCUT2D eigenvalue weighted by Gasteiger charge is 2.05. The van der Waals surface area contributed by atoms with Crippen LogP contribution in [-0.4, -0.2) is 14.2 Å². The van der Waals surface area contributed by atoms with E-state index in [1.165, 1.54) is 32.1 Å². The third-order valence-corrected chi connectivity index (χ3v) is 3.27. The van der Waals surface area contributed by atoms with Gasteiger partial charge in [-0.2, -0.15) is 8.42 Å². The minimum absolute atomic E-state index is 0.303. The van der Waals surface area contributed by atoms with Gasteiger partial charge in [0, 0.05) is 0 Å². The zero-order valence-corrected chi connectivity index (χ0v) is 10.5. The van der Waals surface area contributed by atoms with Crippen LogP contribution < -0.4 is 0 Å². The fourth-order valence-electron chi connectivity index (χ4n) is 1.59. The van der Waals surface area contributed by atoms with Gasteiger partial charge in [0.25, 0.3) is 0 Å². The van der Waals surface area contributed by atoms with Gasteiger partial charge < -0.3 is 0 Å². The van der Waals surface area contributed by atoms with Crippen molar-refractivity contribution in [1.29, 1.82) is 0 Å². The van der Waals surface area contributed by atoms with Crippen molar-refractivity contribution in [1.82, 2.24) is 0 Å². The molecule has 0 atom stereocenters. The average molecular weight is 238 g/mol. The first-order chi connectivity index (χ1) is 7.06. The van der Waals surface area contributed by atoms with E-state index in [1.54, 1.807) is 0 Å². The maximum absolute atomic E-state index is 12.1. The first-order valence-electron chi connectivity index (χ1n) is 5.98. The van der Waals surface area contributed by atoms with Crippen LogP contribution in [0.25, 0.3) is 0 Å². The predicted octanol–water partition coefficient (Wildman–Crippen LogP) is 3.82. The van der Waals surface area contributed by atoms with E-state index in [-0.39, 0.29) is 5.75 Å². The van der Waals surface area contributed by atoms with Gasteiger partial charge in [0.15, 0.2) is 0 Å². The molecule has 0 bridgehead atoms. The van der Waals surface area contributed by atoms with E-state index >= 15 is 0 Å². The fraction of sp³-hybridized carbons (Fsp3) is 1.00. The van der Waals surface area contributed by atoms with Crippen molar-refractivity contribution in [2.75, 3.05) is 5.75 Å². The molecule has 0 aliphatic carbocycles. The van der Waals surface area contributed by atoms with Crippen molar-refractivity contribution in [2.24, 2.45) is 0 Å². The standard InChI is InChI=1S/C11H23FO2S/c1-2-3-4-5-6-7-8-9-10-11-15(12,13)14/h2-11H2,1H3. The normalized spacial score (nSPS) is 11.9. The summed E-state index contributed by atoms with van der Waals surface area (Å²) < 4.78 is 32.4. The van der Waals surface area contributed by atoms with Crippen LogP contribution in [0.5, 0.6) is 0 Å². The van der Waals surface area contributed by atoms with Crippen molar-refractivity contribution in [3.8, 4) is 0 Å². The summed E-state index contributed by atoms with van der Waals surface area (Å²) in [6, 6.07) is 0. The van der Waals surface area contributed by atoms with Crippen LogP contribution in [0.2, 0.25) is 0 Å². The molecule has 4 heteroatoms. The van der Waals surface area contributed by atoms with Gasteiger partial charge in [-0.1, -0.05) is 58.3 Å². The van der Waals surface area contributed by atoms with E-state index in [0.717, 1.165) is 19.3 Å². The summed E-state index contributed by atoms with van der Waals surface area (Å²) in [5, 5.41) is 0. The molecule has 0 aliphatic rings. The van der Waals surface area contributed by atoms with E-state index in [0.29, 0.717) is 6.42 Å². The van der Waals surface area contributed by atoms with E-state index in [9.17, 15) is 12.3 Å². The Bertz CT molecular complexity index is 225. The van der Waals surface area contributed by atoms with Gasteiger partial charge in [0.05, 0.1) is 5.75 Å². The number of halogens is 1. The zero-order chi connectivity index (χ0) is 11.6. The zero-order valence-electron chi connectivity index (χ0n) is 9.67. The minimum Gasteiger partial charge on any atom is -0.195 e. The van der Waals surface area contributed by atoms with Crippen LogP contribution in [-0.2, 0) is 10.2 Å². The SMILES string of the molecule is CCCCCCCCCCCS(=O)(=O)F. The highest BCUT2D eigenvalue weighted by Crippen LogP contribution is 2.10. The van der Waals surface area contributed by atoms with Gasteiger partial charge in [0.2, 0.25) is 0 Å². The van der Waals surface area contributed by atoms with Crippen molar-refractivity contribution >= 4 is 10.2 Å². The van der Waals surface area contributed by atoms with Crippen LogP contribution in [0.4, 0.5) is 3.89 Å². The maximum Gasteiger partial charge on any atom is 0.302 e. The highest BCUT2D eigenvalue weighted by molar-refractivity contribution is 7.86. The molecule has 92 valence electrons. The lowest BCUT2D eigenvalue weighted by atomic mass is 10.1. The molecule has 0 amide bonds. The molecule has 0 N–H and O–H groups in total. The summed E-state index contributed by atoms with van der Waals surface area (Å²) in [4.78, 5) is 0. The molecule has 0 radical (unpaired) electrons. The Kier molecular flexibility index (Phi) is 9.06. The molecule has 0 saturated heterocycles. The van der Waals surface area contributed by atoms with E-state index in [2.05, 4.69) is 6.92 Å². The monoisotopic (exact) mass is 238 g/mol. The summed E-state index contributed by atoms with van der Waals surface area (Å²) in [5.74, 6) is -0.303. The van der Waals surface area contributed by atoms with Gasteiger partial charge in [-0.25, -0.2) is 0 Å². The van der Waals surface area contributed by atoms with Crippen molar-refractivity contribution in [3.05, 3.63) is 0 Å². The molecule has 0 fully saturated rings. The smallest absolute Gasteiger partial charge is 0.195 e. The molecular weight excluding hydrogens is 215 g/mol. The number of hydrogen-bond donors (Lipinski definition) is 0. The van der Waals surface area contributed by atoms with Gasteiger partial charge in [-0.05, 0) is 6.42 Å². The lowest BCUT2D eigenvalue weighted by Gasteiger charge is -2.00. The van der Waals surface area contributed by atoms with Gasteiger partial charge in [-0.15, -0.1) is 3.89 Å². The van der Waals surface area contributed by atoms with E-state index in [4.69, 9.17) is 0 Å². The van der Waals surface area contributed by atoms with Gasteiger partial charge >= 0.3 is 10.2 Å². The molecule has 0 aromatic heterocycles. The highest BCUT2D eigenvalue weighted by atomic mass is 32.3. The number of hydrogen-bond acceptors (Lipinski definition) is 2. The Balaban J connectivity index is 3.06. The number of rotatable bonds is 10. The molecular formula is C11H23FO2S. The molecule has 0 aromatic carbocycles. The molecule has 0 saturated carbocycles. The van der Waals surface area contributed by atoms with E-state index < -0.39 is 10.2 Å². The van der Waals surface area contributed by atoms with Crippen LogP contribution in [0.3, 0.4) is 0 Å². The third-order valence-electron chi connectivity index (χ3n) is 2.49. The third kappa shape index (κ3) is 13.9. The minimum atomic E-state index is -4.23. The van der Waals surface area contributed by atoms with Crippen LogP contribution in [0.1, 0.15) is 64.7 Å². The molecule has 0 unspecified atom stereocenters. The second-order valence-corrected chi connectivity index (χ2v) is 5.56. The Morgan fingerprint density at radius 3 is 1.60 bits per heavy atom. The van der Waals surface area contributed by atoms with Crippen molar-refractivity contribution < 1.29 is 12.3 Å². The lowest BCUT2D eigenvalue weighted by Crippen LogP contribution is -1.97. The maximum atomic E-state index is 12.1. The lowest BCUT2D eigenvalue weighted by molar-refractivity contribution is 0.540. The Hall–Kier alpha value is -0.120. The predicted molar refractivity (Wildman–Crippen MR) is 62.1 cm³/mol. The summed E-state index contributed by atoms with van der Waals surface area (Å²) in [7, 11) is -4.23. The summed E-state index contributed by atoms with van der Waals surface area (Å²) in [5.41, 5.74) is 0. The molecule has 0 aliphatic heterocycles. The molecule has 0 rings (SSSR count). The summed E-state index contributed by atoms with van der Waals surface area (Å²) in [6.07, 6.45) is 9.84.